The molecule has 0 aliphatic carbocycles. The standard InChI is InChI=1S/C25H27F2N7O.C13H10ClFN4O.C12H18FN3.N2/c1-2-23(35)29-19-4-3-5-20(16-19)30-24-22(27)17-28-25(32-24)31-18-6-8-21(9-7-18)34-14-12-33(11-10-26)13-15-34;1-2-11(20)17-8-4-3-5-9(6-8)18-12-10(15)7-16-13(14)19-12;13-5-6-15-7-9-16(10-8-15)12-3-1-11(14)2-4-12;1-2/h2-9,16-17H,1,10-15H2,(H,29,35)(H2,28,30,31,32);2-7H,1H2,(H,17,20)(H,16,18,19);1-4H,5-10,14H2;. The maximum absolute atomic E-state index is 14.4. The quantitative estimate of drug-likeness (QED) is 0.0175. The first-order chi connectivity index (χ1) is 35.4. The van der Waals surface area contributed by atoms with Crippen LogP contribution in [0.15, 0.2) is 135 Å². The Morgan fingerprint density at radius 2 is 1.03 bits per heavy atom. The summed E-state index contributed by atoms with van der Waals surface area (Å²) in [5.41, 5.74) is 11.7. The van der Waals surface area contributed by atoms with Crippen molar-refractivity contribution in [1.29, 1.82) is 10.8 Å². The summed E-state index contributed by atoms with van der Waals surface area (Å²) in [5.74, 6) is -1.73. The Bertz CT molecular complexity index is 2740. The van der Waals surface area contributed by atoms with Crippen LogP contribution >= 0.6 is 11.6 Å². The number of rotatable bonds is 16. The van der Waals surface area contributed by atoms with Crippen molar-refractivity contribution in [2.45, 2.75) is 0 Å². The Hall–Kier alpha value is -8.39. The molecule has 2 fully saturated rings. The second-order valence-electron chi connectivity index (χ2n) is 15.8. The van der Waals surface area contributed by atoms with Gasteiger partial charge < -0.3 is 42.1 Å². The van der Waals surface area contributed by atoms with Gasteiger partial charge >= 0.3 is 0 Å². The second-order valence-corrected chi connectivity index (χ2v) is 16.2. The van der Waals surface area contributed by atoms with Crippen LogP contribution in [0.25, 0.3) is 0 Å². The molecule has 2 aromatic heterocycles. The van der Waals surface area contributed by atoms with E-state index in [1.807, 2.05) is 48.5 Å². The maximum Gasteiger partial charge on any atom is 0.247 e. The van der Waals surface area contributed by atoms with E-state index in [1.54, 1.807) is 48.5 Å². The highest BCUT2D eigenvalue weighted by atomic mass is 35.5. The third kappa shape index (κ3) is 18.1. The summed E-state index contributed by atoms with van der Waals surface area (Å²) < 4.78 is 52.6. The third-order valence-electron chi connectivity index (χ3n) is 10.9. The average molecular weight is 1020 g/mol. The van der Waals surface area contributed by atoms with Crippen LogP contribution < -0.4 is 42.1 Å². The van der Waals surface area contributed by atoms with E-state index in [9.17, 15) is 27.2 Å². The summed E-state index contributed by atoms with van der Waals surface area (Å²) in [6.07, 6.45) is 4.39. The van der Waals surface area contributed by atoms with Crippen LogP contribution in [0.3, 0.4) is 0 Å². The SMILES string of the molecule is C=CC(=O)Nc1cccc(Nc2nc(Cl)ncc2F)c1.C=CC(=O)Nc1cccc(Nc2nc(Nc3ccc(N4CCN(CCF)CC4)cc3)ncc2F)c1.N#N.Nc1ccc(N2CCN(CCF)CC2)cc1. The molecule has 382 valence electrons. The van der Waals surface area contributed by atoms with Gasteiger partial charge in [0.05, 0.1) is 12.4 Å². The fourth-order valence-electron chi connectivity index (χ4n) is 7.23. The third-order valence-corrected chi connectivity index (χ3v) is 11.1. The van der Waals surface area contributed by atoms with Crippen LogP contribution in [0.1, 0.15) is 0 Å². The van der Waals surface area contributed by atoms with E-state index in [2.05, 4.69) is 79.3 Å². The molecule has 0 atom stereocenters. The molecule has 0 radical (unpaired) electrons. The second kappa shape index (κ2) is 29.1. The minimum atomic E-state index is -0.630. The van der Waals surface area contributed by atoms with Crippen molar-refractivity contribution < 1.29 is 27.2 Å². The maximum atomic E-state index is 14.4. The summed E-state index contributed by atoms with van der Waals surface area (Å²) in [6.45, 7) is 14.5. The van der Waals surface area contributed by atoms with E-state index in [0.717, 1.165) is 87.9 Å². The highest BCUT2D eigenvalue weighted by Crippen LogP contribution is 2.26. The minimum absolute atomic E-state index is 0.00234. The molecular weight excluding hydrogens is 968 g/mol. The van der Waals surface area contributed by atoms with Crippen molar-refractivity contribution in [3.8, 4) is 0 Å². The number of aromatic nitrogens is 4. The topological polar surface area (TPSA) is 232 Å². The molecule has 18 nitrogen and oxygen atoms in total. The van der Waals surface area contributed by atoms with E-state index in [0.29, 0.717) is 35.8 Å². The van der Waals surface area contributed by atoms with Crippen molar-refractivity contribution in [3.63, 3.8) is 0 Å². The number of carbonyl (C=O) groups excluding carboxylic acids is 2. The van der Waals surface area contributed by atoms with Crippen LogP contribution in [-0.2, 0) is 9.59 Å². The van der Waals surface area contributed by atoms with E-state index in [-0.39, 0.29) is 48.0 Å². The van der Waals surface area contributed by atoms with Crippen molar-refractivity contribution in [2.75, 3.05) is 121 Å². The van der Waals surface area contributed by atoms with E-state index >= 15 is 0 Å². The van der Waals surface area contributed by atoms with Gasteiger partial charge in [0.2, 0.25) is 23.0 Å². The van der Waals surface area contributed by atoms with Gasteiger partial charge in [-0.2, -0.15) is 9.97 Å². The number of nitrogens with one attached hydrogen (secondary N) is 5. The number of alkyl halides is 2. The largest absolute Gasteiger partial charge is 0.399 e. The summed E-state index contributed by atoms with van der Waals surface area (Å²) in [7, 11) is 0. The first-order valence-corrected chi connectivity index (χ1v) is 23.1. The number of hydrogen-bond donors (Lipinski definition) is 6. The van der Waals surface area contributed by atoms with Gasteiger partial charge in [0.25, 0.3) is 0 Å². The summed E-state index contributed by atoms with van der Waals surface area (Å²) in [4.78, 5) is 47.1. The zero-order valence-electron chi connectivity index (χ0n) is 39.7. The predicted octanol–water partition coefficient (Wildman–Crippen LogP) is 8.85. The van der Waals surface area contributed by atoms with Gasteiger partial charge in [0.15, 0.2) is 23.3 Å². The number of piperazine rings is 2. The van der Waals surface area contributed by atoms with E-state index in [4.69, 9.17) is 28.1 Å². The molecule has 6 aromatic rings. The molecule has 0 saturated carbocycles. The van der Waals surface area contributed by atoms with Gasteiger partial charge in [-0.25, -0.2) is 27.5 Å². The smallest absolute Gasteiger partial charge is 0.247 e. The monoisotopic (exact) mass is 1020 g/mol. The fourth-order valence-corrected chi connectivity index (χ4v) is 7.36. The molecule has 73 heavy (non-hydrogen) atoms. The zero-order chi connectivity index (χ0) is 52.5. The number of carbonyl (C=O) groups is 2. The molecule has 23 heteroatoms. The van der Waals surface area contributed by atoms with Crippen molar-refractivity contribution >= 4 is 86.5 Å². The van der Waals surface area contributed by atoms with Gasteiger partial charge in [0, 0.05) is 122 Å². The minimum Gasteiger partial charge on any atom is -0.399 e. The number of amides is 2. The lowest BCUT2D eigenvalue weighted by molar-refractivity contribution is -0.112. The number of nitrogens with two attached hydrogens (primary N) is 1. The molecule has 8 rings (SSSR count). The lowest BCUT2D eigenvalue weighted by Gasteiger charge is -2.35. The summed E-state index contributed by atoms with van der Waals surface area (Å²) >= 11 is 5.60. The number of nitrogens with zero attached hydrogens (tertiary/aromatic N) is 10. The van der Waals surface area contributed by atoms with Crippen molar-refractivity contribution in [3.05, 3.63) is 152 Å². The lowest BCUT2D eigenvalue weighted by Crippen LogP contribution is -2.47. The van der Waals surface area contributed by atoms with Gasteiger partial charge in [-0.05, 0) is 109 Å². The first-order valence-electron chi connectivity index (χ1n) is 22.7. The summed E-state index contributed by atoms with van der Waals surface area (Å²) in [5, 5.41) is 26.0. The Labute approximate surface area is 425 Å². The van der Waals surface area contributed by atoms with E-state index < -0.39 is 11.6 Å². The number of hydrogen-bond acceptors (Lipinski definition) is 16. The Morgan fingerprint density at radius 3 is 1.48 bits per heavy atom. The summed E-state index contributed by atoms with van der Waals surface area (Å²) in [6, 6.07) is 29.3. The number of nitrogen functional groups attached to an aromatic ring is 1. The molecule has 2 amide bonds. The Kier molecular flexibility index (Phi) is 22.1. The highest BCUT2D eigenvalue weighted by Gasteiger charge is 2.18. The van der Waals surface area contributed by atoms with Crippen LogP contribution in [0, 0.1) is 22.4 Å². The molecule has 0 unspecified atom stereocenters. The molecule has 0 bridgehead atoms. The average Bonchev–Trinajstić information content (AvgIpc) is 3.41. The van der Waals surface area contributed by atoms with Crippen LogP contribution in [0.5, 0.6) is 0 Å². The van der Waals surface area contributed by atoms with Crippen LogP contribution in [0.4, 0.5) is 80.6 Å². The normalized spacial score (nSPS) is 13.2. The van der Waals surface area contributed by atoms with Gasteiger partial charge in [-0.15, -0.1) is 0 Å². The molecular formula is C50H55ClF4N16O2. The van der Waals surface area contributed by atoms with Gasteiger partial charge in [0.1, 0.15) is 13.3 Å². The molecule has 7 N–H and O–H groups in total. The molecule has 0 spiro atoms. The van der Waals surface area contributed by atoms with Crippen LogP contribution in [0.2, 0.25) is 5.28 Å². The van der Waals surface area contributed by atoms with Gasteiger partial charge in [-0.3, -0.25) is 19.4 Å². The van der Waals surface area contributed by atoms with Gasteiger partial charge in [-0.1, -0.05) is 25.3 Å². The van der Waals surface area contributed by atoms with Crippen molar-refractivity contribution in [1.82, 2.24) is 29.7 Å². The molecule has 2 aliphatic rings. The number of halogens is 5. The predicted molar refractivity (Wildman–Crippen MR) is 279 cm³/mol. The van der Waals surface area contributed by atoms with Crippen LogP contribution in [-0.4, -0.2) is 120 Å². The molecule has 2 aliphatic heterocycles. The molecule has 2 saturated heterocycles. The fraction of sp³-hybridized carbons (Fsp3) is 0.240. The van der Waals surface area contributed by atoms with Crippen molar-refractivity contribution in [2.24, 2.45) is 0 Å². The number of benzene rings is 4. The Morgan fingerprint density at radius 1 is 0.603 bits per heavy atom. The molecule has 4 aromatic carbocycles. The zero-order valence-corrected chi connectivity index (χ0v) is 40.5. The first kappa shape index (κ1) is 55.5. The Balaban J connectivity index is 0.000000219. The highest BCUT2D eigenvalue weighted by molar-refractivity contribution is 6.28. The lowest BCUT2D eigenvalue weighted by atomic mass is 10.2. The number of anilines is 11. The molecule has 4 heterocycles. The van der Waals surface area contributed by atoms with E-state index in [1.165, 1.54) is 11.8 Å².